The van der Waals surface area contributed by atoms with Gasteiger partial charge in [-0.1, -0.05) is 0 Å². The van der Waals surface area contributed by atoms with E-state index in [4.69, 9.17) is 10.1 Å². The van der Waals surface area contributed by atoms with Crippen molar-refractivity contribution in [1.82, 2.24) is 28.9 Å². The van der Waals surface area contributed by atoms with Gasteiger partial charge in [-0.3, -0.25) is 18.8 Å². The maximum atomic E-state index is 13.1. The van der Waals surface area contributed by atoms with E-state index >= 15 is 0 Å². The van der Waals surface area contributed by atoms with Gasteiger partial charge in [-0.25, -0.2) is 9.78 Å². The number of nitrogens with zero attached hydrogens (tertiary/aromatic N) is 6. The van der Waals surface area contributed by atoms with E-state index < -0.39 is 0 Å². The maximum absolute atomic E-state index is 13.1. The first kappa shape index (κ1) is 19.0. The third kappa shape index (κ3) is 3.01. The lowest BCUT2D eigenvalue weighted by Gasteiger charge is -2.26. The van der Waals surface area contributed by atoms with Crippen molar-refractivity contribution in [1.29, 1.82) is 0 Å². The first-order valence-corrected chi connectivity index (χ1v) is 10.2. The van der Waals surface area contributed by atoms with Crippen molar-refractivity contribution >= 4 is 22.1 Å². The molecule has 5 rings (SSSR count). The lowest BCUT2D eigenvalue weighted by Crippen LogP contribution is -2.29. The van der Waals surface area contributed by atoms with Crippen molar-refractivity contribution < 1.29 is 10.2 Å². The van der Waals surface area contributed by atoms with Crippen LogP contribution in [0.5, 0.6) is 0 Å². The van der Waals surface area contributed by atoms with Gasteiger partial charge in [0.1, 0.15) is 5.52 Å². The number of pyridine rings is 2. The van der Waals surface area contributed by atoms with Crippen molar-refractivity contribution in [2.24, 2.45) is 7.05 Å². The molecule has 2 N–H and O–H groups in total. The largest absolute Gasteiger partial charge is 0.394 e. The number of aliphatic hydroxyl groups excluding tert-OH is 2. The average molecular weight is 408 g/mol. The van der Waals surface area contributed by atoms with Gasteiger partial charge in [-0.05, 0) is 37.8 Å². The molecule has 0 amide bonds. The molecule has 0 aromatic carbocycles. The van der Waals surface area contributed by atoms with E-state index in [0.717, 1.165) is 40.6 Å². The van der Waals surface area contributed by atoms with Crippen LogP contribution in [0.4, 0.5) is 0 Å². The van der Waals surface area contributed by atoms with E-state index in [9.17, 15) is 9.90 Å². The summed E-state index contributed by atoms with van der Waals surface area (Å²) in [6.45, 7) is 0.439. The Morgan fingerprint density at radius 1 is 1.17 bits per heavy atom. The molecule has 9 nitrogen and oxygen atoms in total. The van der Waals surface area contributed by atoms with Gasteiger partial charge in [0, 0.05) is 24.8 Å². The zero-order chi connectivity index (χ0) is 20.8. The number of imidazole rings is 1. The summed E-state index contributed by atoms with van der Waals surface area (Å²) in [5, 5.41) is 23.3. The van der Waals surface area contributed by atoms with Crippen LogP contribution >= 0.6 is 0 Å². The van der Waals surface area contributed by atoms with Gasteiger partial charge in [-0.15, -0.1) is 0 Å². The molecule has 0 radical (unpaired) electrons. The zero-order valence-electron chi connectivity index (χ0n) is 16.8. The van der Waals surface area contributed by atoms with Crippen LogP contribution in [0.2, 0.25) is 0 Å². The number of hydrogen-bond donors (Lipinski definition) is 2. The topological polar surface area (TPSA) is 111 Å². The normalized spacial score (nSPS) is 19.7. The molecule has 9 heteroatoms. The third-order valence-electron chi connectivity index (χ3n) is 6.05. The third-order valence-corrected chi connectivity index (χ3v) is 6.05. The summed E-state index contributed by atoms with van der Waals surface area (Å²) in [6, 6.07) is 3.84. The molecule has 0 bridgehead atoms. The van der Waals surface area contributed by atoms with E-state index in [1.165, 1.54) is 0 Å². The molecular weight excluding hydrogens is 384 g/mol. The Balaban J connectivity index is 1.71. The molecule has 4 heterocycles. The fourth-order valence-corrected chi connectivity index (χ4v) is 4.42. The Morgan fingerprint density at radius 3 is 2.73 bits per heavy atom. The molecule has 1 aliphatic rings. The molecule has 0 unspecified atom stereocenters. The van der Waals surface area contributed by atoms with E-state index in [1.807, 2.05) is 22.9 Å². The van der Waals surface area contributed by atoms with E-state index in [-0.39, 0.29) is 24.4 Å². The zero-order valence-corrected chi connectivity index (χ0v) is 16.8. The molecule has 1 fully saturated rings. The second-order valence-corrected chi connectivity index (χ2v) is 7.95. The second-order valence-electron chi connectivity index (χ2n) is 7.95. The number of aromatic nitrogens is 6. The van der Waals surface area contributed by atoms with Crippen molar-refractivity contribution in [3.8, 4) is 11.3 Å². The highest BCUT2D eigenvalue weighted by Gasteiger charge is 2.26. The highest BCUT2D eigenvalue weighted by molar-refractivity contribution is 6.00. The first-order chi connectivity index (χ1) is 14.6. The quantitative estimate of drug-likeness (QED) is 0.531. The van der Waals surface area contributed by atoms with Gasteiger partial charge in [-0.2, -0.15) is 5.10 Å². The van der Waals surface area contributed by atoms with Crippen molar-refractivity contribution in [3.63, 3.8) is 0 Å². The van der Waals surface area contributed by atoms with Gasteiger partial charge in [0.05, 0.1) is 53.9 Å². The molecule has 0 atom stereocenters. The van der Waals surface area contributed by atoms with Gasteiger partial charge in [0.25, 0.3) is 0 Å². The molecule has 0 spiro atoms. The first-order valence-electron chi connectivity index (χ1n) is 10.2. The Bertz CT molecular complexity index is 1280. The summed E-state index contributed by atoms with van der Waals surface area (Å²) < 4.78 is 5.14. The second kappa shape index (κ2) is 7.33. The number of hydrogen-bond acceptors (Lipinski definition) is 6. The van der Waals surface area contributed by atoms with Crippen LogP contribution < -0.4 is 5.69 Å². The van der Waals surface area contributed by atoms with Gasteiger partial charge < -0.3 is 10.2 Å². The molecule has 0 aliphatic heterocycles. The minimum Gasteiger partial charge on any atom is -0.394 e. The summed E-state index contributed by atoms with van der Waals surface area (Å²) >= 11 is 0. The lowest BCUT2D eigenvalue weighted by molar-refractivity contribution is 0.111. The fraction of sp³-hybridized carbons (Fsp3) is 0.429. The summed E-state index contributed by atoms with van der Waals surface area (Å²) in [4.78, 5) is 22.5. The van der Waals surface area contributed by atoms with Crippen LogP contribution in [0.25, 0.3) is 33.3 Å². The monoisotopic (exact) mass is 408 g/mol. The summed E-state index contributed by atoms with van der Waals surface area (Å²) in [5.41, 5.74) is 4.45. The molecule has 4 aromatic rings. The Labute approximate surface area is 172 Å². The number of rotatable bonds is 4. The van der Waals surface area contributed by atoms with Gasteiger partial charge in [0.2, 0.25) is 0 Å². The molecule has 0 saturated heterocycles. The fourth-order valence-electron chi connectivity index (χ4n) is 4.42. The highest BCUT2D eigenvalue weighted by Crippen LogP contribution is 2.32. The van der Waals surface area contributed by atoms with Crippen LogP contribution in [0.1, 0.15) is 31.7 Å². The number of aryl methyl sites for hydroxylation is 1. The molecule has 1 saturated carbocycles. The van der Waals surface area contributed by atoms with E-state index in [1.54, 1.807) is 28.7 Å². The molecule has 1 aliphatic carbocycles. The SMILES string of the molecule is Cn1c(=O)n([C@H]2CC[C@H](O)CC2)c2c3nc(-c4cnn(CCO)c4)ccc3ncc21. The van der Waals surface area contributed by atoms with Crippen LogP contribution in [0.15, 0.2) is 35.5 Å². The van der Waals surface area contributed by atoms with Crippen LogP contribution in [0.3, 0.4) is 0 Å². The van der Waals surface area contributed by atoms with Gasteiger partial charge >= 0.3 is 5.69 Å². The Morgan fingerprint density at radius 2 is 1.97 bits per heavy atom. The van der Waals surface area contributed by atoms with Crippen molar-refractivity contribution in [3.05, 3.63) is 41.2 Å². The molecule has 156 valence electrons. The summed E-state index contributed by atoms with van der Waals surface area (Å²) in [6.07, 6.45) is 7.92. The molecule has 30 heavy (non-hydrogen) atoms. The lowest BCUT2D eigenvalue weighted by atomic mass is 9.93. The van der Waals surface area contributed by atoms with E-state index in [0.29, 0.717) is 24.9 Å². The van der Waals surface area contributed by atoms with Gasteiger partial charge in [0.15, 0.2) is 0 Å². The maximum Gasteiger partial charge on any atom is 0.329 e. The number of aliphatic hydroxyl groups is 2. The van der Waals surface area contributed by atoms with Crippen LogP contribution in [-0.2, 0) is 13.6 Å². The van der Waals surface area contributed by atoms with Crippen molar-refractivity contribution in [2.75, 3.05) is 6.61 Å². The van der Waals surface area contributed by atoms with E-state index in [2.05, 4.69) is 10.1 Å². The van der Waals surface area contributed by atoms with Crippen LogP contribution in [-0.4, -0.2) is 51.8 Å². The van der Waals surface area contributed by atoms with Crippen LogP contribution in [0, 0.1) is 0 Å². The predicted octanol–water partition coefficient (Wildman–Crippen LogP) is 1.61. The number of fused-ring (bicyclic) bond motifs is 3. The predicted molar refractivity (Wildman–Crippen MR) is 112 cm³/mol. The highest BCUT2D eigenvalue weighted by atomic mass is 16.3. The summed E-state index contributed by atoms with van der Waals surface area (Å²) in [7, 11) is 1.76. The standard InChI is InChI=1S/C21H24N6O3/c1-25-18-11-22-17-7-6-16(13-10-23-26(12-13)8-9-28)24-19(17)20(18)27(21(25)30)14-2-4-15(29)5-3-14/h6-7,10-12,14-15,28-29H,2-5,8-9H2,1H3/t14-,15-. The average Bonchev–Trinajstić information content (AvgIpc) is 3.32. The summed E-state index contributed by atoms with van der Waals surface area (Å²) in [5.74, 6) is 0. The minimum atomic E-state index is -0.287. The Kier molecular flexibility index (Phi) is 4.63. The minimum absolute atomic E-state index is 0.0171. The molecular formula is C21H24N6O3. The molecule has 4 aromatic heterocycles. The Hall–Kier alpha value is -3.04. The van der Waals surface area contributed by atoms with Crippen molar-refractivity contribution in [2.45, 2.75) is 44.4 Å². The smallest absolute Gasteiger partial charge is 0.329 e.